The highest BCUT2D eigenvalue weighted by Crippen LogP contribution is 2.32. The summed E-state index contributed by atoms with van der Waals surface area (Å²) in [7, 11) is 0. The molecule has 126 valence electrons. The van der Waals surface area contributed by atoms with Crippen molar-refractivity contribution >= 4 is 22.8 Å². The van der Waals surface area contributed by atoms with Crippen LogP contribution in [0.4, 0.5) is 0 Å². The zero-order chi connectivity index (χ0) is 17.3. The molecule has 0 saturated carbocycles. The quantitative estimate of drug-likeness (QED) is 0.897. The smallest absolute Gasteiger partial charge is 0.249 e. The van der Waals surface area contributed by atoms with E-state index in [1.54, 1.807) is 0 Å². The maximum atomic E-state index is 11.9. The Balaban J connectivity index is 2.01. The Labute approximate surface area is 142 Å². The molecule has 0 aliphatic carbocycles. The highest BCUT2D eigenvalue weighted by Gasteiger charge is 2.37. The minimum absolute atomic E-state index is 0.0186. The number of rotatable bonds is 4. The van der Waals surface area contributed by atoms with Gasteiger partial charge in [-0.2, -0.15) is 0 Å². The molecule has 1 aliphatic rings. The lowest BCUT2D eigenvalue weighted by atomic mass is 9.88. The van der Waals surface area contributed by atoms with Crippen LogP contribution in [0.25, 0.3) is 16.8 Å². The van der Waals surface area contributed by atoms with Gasteiger partial charge < -0.3 is 10.2 Å². The van der Waals surface area contributed by atoms with E-state index in [0.29, 0.717) is 12.5 Å². The van der Waals surface area contributed by atoms with E-state index in [2.05, 4.69) is 49.0 Å². The average molecular weight is 324 g/mol. The maximum Gasteiger partial charge on any atom is 0.249 e. The highest BCUT2D eigenvalue weighted by molar-refractivity contribution is 5.94. The van der Waals surface area contributed by atoms with E-state index in [0.717, 1.165) is 27.8 Å². The molecule has 0 aromatic heterocycles. The Bertz CT molecular complexity index is 806. The van der Waals surface area contributed by atoms with Gasteiger partial charge in [-0.1, -0.05) is 38.1 Å². The monoisotopic (exact) mass is 324 g/mol. The molecular formula is C20H24N2O2. The zero-order valence-corrected chi connectivity index (χ0v) is 14.6. The van der Waals surface area contributed by atoms with Crippen LogP contribution in [0, 0.1) is 11.3 Å². The number of carbonyl (C=O) groups excluding carboxylic acids is 1. The van der Waals surface area contributed by atoms with Gasteiger partial charge in [-0.3, -0.25) is 10.2 Å². The summed E-state index contributed by atoms with van der Waals surface area (Å²) in [6.07, 6.45) is 2.03. The second-order valence-electron chi connectivity index (χ2n) is 7.20. The predicted octanol–water partition coefficient (Wildman–Crippen LogP) is 3.88. The summed E-state index contributed by atoms with van der Waals surface area (Å²) in [6, 6.07) is 12.3. The lowest BCUT2D eigenvalue weighted by Gasteiger charge is -2.15. The third-order valence-electron chi connectivity index (χ3n) is 4.32. The predicted molar refractivity (Wildman–Crippen MR) is 97.3 cm³/mol. The number of ether oxygens (including phenoxy) is 1. The van der Waals surface area contributed by atoms with Crippen molar-refractivity contribution in [2.45, 2.75) is 27.7 Å². The Hall–Kier alpha value is -2.49. The second-order valence-corrected chi connectivity index (χ2v) is 7.20. The van der Waals surface area contributed by atoms with Crippen LogP contribution in [0.1, 0.15) is 33.3 Å². The fraction of sp³-hybridized carbons (Fsp3) is 0.350. The molecule has 4 nitrogen and oxygen atoms in total. The molecule has 0 atom stereocenters. The third-order valence-corrected chi connectivity index (χ3v) is 4.32. The minimum atomic E-state index is -0.562. The van der Waals surface area contributed by atoms with Crippen LogP contribution in [-0.4, -0.2) is 12.5 Å². The Morgan fingerprint density at radius 3 is 2.62 bits per heavy atom. The number of hydrazine groups is 1. The van der Waals surface area contributed by atoms with E-state index in [-0.39, 0.29) is 5.91 Å². The van der Waals surface area contributed by atoms with Gasteiger partial charge in [0.15, 0.2) is 0 Å². The molecule has 1 amide bonds. The molecule has 0 spiro atoms. The van der Waals surface area contributed by atoms with E-state index >= 15 is 0 Å². The minimum Gasteiger partial charge on any atom is -0.493 e. The van der Waals surface area contributed by atoms with Gasteiger partial charge in [0.05, 0.1) is 12.0 Å². The lowest BCUT2D eigenvalue weighted by molar-refractivity contribution is -0.125. The first-order valence-electron chi connectivity index (χ1n) is 8.32. The molecule has 24 heavy (non-hydrogen) atoms. The Morgan fingerprint density at radius 2 is 1.96 bits per heavy atom. The van der Waals surface area contributed by atoms with Crippen molar-refractivity contribution in [3.8, 4) is 5.75 Å². The number of carbonyl (C=O) groups is 1. The van der Waals surface area contributed by atoms with Crippen molar-refractivity contribution in [1.82, 2.24) is 10.9 Å². The molecule has 1 saturated heterocycles. The van der Waals surface area contributed by atoms with Crippen molar-refractivity contribution in [2.24, 2.45) is 11.3 Å². The topological polar surface area (TPSA) is 50.4 Å². The van der Waals surface area contributed by atoms with Crippen LogP contribution in [0.3, 0.4) is 0 Å². The molecule has 2 N–H and O–H groups in total. The largest absolute Gasteiger partial charge is 0.493 e. The Kier molecular flexibility index (Phi) is 4.22. The maximum absolute atomic E-state index is 11.9. The molecule has 1 heterocycles. The molecule has 0 bridgehead atoms. The Morgan fingerprint density at radius 1 is 1.17 bits per heavy atom. The van der Waals surface area contributed by atoms with Crippen LogP contribution in [0.2, 0.25) is 0 Å². The third kappa shape index (κ3) is 3.09. The summed E-state index contributed by atoms with van der Waals surface area (Å²) >= 11 is 0. The van der Waals surface area contributed by atoms with Crippen LogP contribution in [0.15, 0.2) is 42.1 Å². The fourth-order valence-electron chi connectivity index (χ4n) is 2.69. The van der Waals surface area contributed by atoms with Crippen molar-refractivity contribution in [3.05, 3.63) is 47.7 Å². The SMILES string of the molecule is CC(C)COc1ccc2cccc(/C=C3\NNC(=O)C3(C)C)c2c1. The molecule has 0 radical (unpaired) electrons. The number of hydrogen-bond donors (Lipinski definition) is 2. The lowest BCUT2D eigenvalue weighted by Crippen LogP contribution is -2.28. The number of hydrogen-bond acceptors (Lipinski definition) is 3. The number of fused-ring (bicyclic) bond motifs is 1. The van der Waals surface area contributed by atoms with Crippen LogP contribution in [0.5, 0.6) is 5.75 Å². The van der Waals surface area contributed by atoms with Gasteiger partial charge in [-0.15, -0.1) is 0 Å². The van der Waals surface area contributed by atoms with Crippen molar-refractivity contribution in [2.75, 3.05) is 6.61 Å². The normalized spacial score (nSPS) is 18.0. The molecule has 1 fully saturated rings. The number of benzene rings is 2. The van der Waals surface area contributed by atoms with Gasteiger partial charge in [-0.25, -0.2) is 0 Å². The molecule has 2 aromatic carbocycles. The molecule has 1 aliphatic heterocycles. The number of amides is 1. The van der Waals surface area contributed by atoms with E-state index in [1.807, 2.05) is 32.1 Å². The highest BCUT2D eigenvalue weighted by atomic mass is 16.5. The van der Waals surface area contributed by atoms with Gasteiger partial charge in [0.2, 0.25) is 5.91 Å². The summed E-state index contributed by atoms with van der Waals surface area (Å²) in [5, 5.41) is 2.26. The van der Waals surface area contributed by atoms with Gasteiger partial charge >= 0.3 is 0 Å². The average Bonchev–Trinajstić information content (AvgIpc) is 2.80. The van der Waals surface area contributed by atoms with Gasteiger partial charge in [0.25, 0.3) is 0 Å². The van der Waals surface area contributed by atoms with Crippen LogP contribution < -0.4 is 15.6 Å². The standard InChI is InChI=1S/C20H24N2O2/c1-13(2)12-24-16-9-8-14-6-5-7-15(17(14)11-16)10-18-20(3,4)19(23)22-21-18/h5-11,13,21H,12H2,1-4H3,(H,22,23)/b18-10-. The van der Waals surface area contributed by atoms with Crippen LogP contribution >= 0.6 is 0 Å². The molecule has 4 heteroatoms. The van der Waals surface area contributed by atoms with Crippen molar-refractivity contribution in [3.63, 3.8) is 0 Å². The number of nitrogens with one attached hydrogen (secondary N) is 2. The summed E-state index contributed by atoms with van der Waals surface area (Å²) < 4.78 is 5.86. The first kappa shape index (κ1) is 16.4. The van der Waals surface area contributed by atoms with Crippen molar-refractivity contribution < 1.29 is 9.53 Å². The molecule has 3 rings (SSSR count). The van der Waals surface area contributed by atoms with E-state index in [1.165, 1.54) is 0 Å². The van der Waals surface area contributed by atoms with E-state index < -0.39 is 5.41 Å². The first-order chi connectivity index (χ1) is 11.4. The fourth-order valence-corrected chi connectivity index (χ4v) is 2.69. The summed E-state index contributed by atoms with van der Waals surface area (Å²) in [6.45, 7) is 8.79. The van der Waals surface area contributed by atoms with Gasteiger partial charge in [0, 0.05) is 5.70 Å². The van der Waals surface area contributed by atoms with E-state index in [4.69, 9.17) is 4.74 Å². The molecular weight excluding hydrogens is 300 g/mol. The van der Waals surface area contributed by atoms with E-state index in [9.17, 15) is 4.79 Å². The molecule has 2 aromatic rings. The summed E-state index contributed by atoms with van der Waals surface area (Å²) in [5.41, 5.74) is 7.06. The zero-order valence-electron chi connectivity index (χ0n) is 14.6. The van der Waals surface area contributed by atoms with Gasteiger partial charge in [-0.05, 0) is 54.3 Å². The first-order valence-corrected chi connectivity index (χ1v) is 8.32. The summed E-state index contributed by atoms with van der Waals surface area (Å²) in [4.78, 5) is 11.9. The second kappa shape index (κ2) is 6.19. The van der Waals surface area contributed by atoms with Crippen LogP contribution in [-0.2, 0) is 4.79 Å². The van der Waals surface area contributed by atoms with Crippen molar-refractivity contribution in [1.29, 1.82) is 0 Å². The molecule has 0 unspecified atom stereocenters. The summed E-state index contributed by atoms with van der Waals surface area (Å²) in [5.74, 6) is 1.34. The van der Waals surface area contributed by atoms with Gasteiger partial charge in [0.1, 0.15) is 5.75 Å².